The zero-order valence-corrected chi connectivity index (χ0v) is 11.0. The average Bonchev–Trinajstić information content (AvgIpc) is 2.30. The Morgan fingerprint density at radius 2 is 2.26 bits per heavy atom. The number of anilines is 2. The molecule has 0 radical (unpaired) electrons. The van der Waals surface area contributed by atoms with Crippen molar-refractivity contribution in [2.24, 2.45) is 0 Å². The third-order valence-corrected chi connectivity index (χ3v) is 4.85. The monoisotopic (exact) mass is 285 g/mol. The number of carbonyl (C=O) groups is 1. The fraction of sp³-hybridized carbons (Fsp3) is 0.455. The summed E-state index contributed by atoms with van der Waals surface area (Å²) in [5, 5.41) is 11.9. The van der Waals surface area contributed by atoms with Crippen LogP contribution < -0.4 is 11.1 Å². The number of nitrogens with one attached hydrogen (secondary N) is 1. The molecule has 0 aliphatic carbocycles. The van der Waals surface area contributed by atoms with Crippen molar-refractivity contribution in [2.75, 3.05) is 22.6 Å². The first-order chi connectivity index (χ1) is 8.89. The molecule has 1 aliphatic heterocycles. The molecule has 4 N–H and O–H groups in total. The van der Waals surface area contributed by atoms with Gasteiger partial charge in [0, 0.05) is 12.2 Å². The summed E-state index contributed by atoms with van der Waals surface area (Å²) < 4.78 is 23.1. The van der Waals surface area contributed by atoms with E-state index in [0.29, 0.717) is 12.8 Å². The molecule has 19 heavy (non-hydrogen) atoms. The minimum Gasteiger partial charge on any atom is -0.478 e. The average molecular weight is 285 g/mol. The van der Waals surface area contributed by atoms with Gasteiger partial charge in [0.2, 0.25) is 0 Å². The number of hydrogen-bond acceptors (Lipinski definition) is 6. The van der Waals surface area contributed by atoms with E-state index in [0.717, 1.165) is 0 Å². The summed E-state index contributed by atoms with van der Waals surface area (Å²) in [7, 11) is -3.04. The van der Waals surface area contributed by atoms with E-state index in [-0.39, 0.29) is 34.6 Å². The highest BCUT2D eigenvalue weighted by Gasteiger charge is 2.25. The van der Waals surface area contributed by atoms with Crippen LogP contribution in [0.4, 0.5) is 11.5 Å². The number of aromatic nitrogens is 1. The van der Waals surface area contributed by atoms with E-state index >= 15 is 0 Å². The summed E-state index contributed by atoms with van der Waals surface area (Å²) in [6.45, 7) is 0. The van der Waals surface area contributed by atoms with Crippen molar-refractivity contribution in [3.05, 3.63) is 17.8 Å². The molecule has 104 valence electrons. The molecule has 1 aromatic heterocycles. The van der Waals surface area contributed by atoms with E-state index in [9.17, 15) is 13.2 Å². The number of nitrogens with zero attached hydrogens (tertiary/aromatic N) is 1. The Morgan fingerprint density at radius 3 is 2.89 bits per heavy atom. The summed E-state index contributed by atoms with van der Waals surface area (Å²) in [5.41, 5.74) is 5.69. The highest BCUT2D eigenvalue weighted by molar-refractivity contribution is 7.91. The van der Waals surface area contributed by atoms with Crippen LogP contribution in [-0.2, 0) is 9.84 Å². The minimum absolute atomic E-state index is 0.0193. The first-order valence-electron chi connectivity index (χ1n) is 5.84. The van der Waals surface area contributed by atoms with Crippen molar-refractivity contribution in [3.63, 3.8) is 0 Å². The van der Waals surface area contributed by atoms with Gasteiger partial charge in [0.1, 0.15) is 5.82 Å². The normalized spacial score (nSPS) is 21.8. The maximum absolute atomic E-state index is 11.5. The van der Waals surface area contributed by atoms with Crippen molar-refractivity contribution in [3.8, 4) is 0 Å². The molecule has 0 spiro atoms. The lowest BCUT2D eigenvalue weighted by molar-refractivity contribution is 0.0698. The lowest BCUT2D eigenvalue weighted by Gasteiger charge is -2.24. The zero-order chi connectivity index (χ0) is 14.0. The second-order valence-corrected chi connectivity index (χ2v) is 6.75. The van der Waals surface area contributed by atoms with E-state index in [4.69, 9.17) is 10.8 Å². The quantitative estimate of drug-likeness (QED) is 0.732. The van der Waals surface area contributed by atoms with E-state index in [2.05, 4.69) is 10.3 Å². The molecule has 1 aliphatic rings. The molecule has 0 saturated carbocycles. The fourth-order valence-corrected chi connectivity index (χ4v) is 3.74. The van der Waals surface area contributed by atoms with Crippen LogP contribution in [0.25, 0.3) is 0 Å². The van der Waals surface area contributed by atoms with Gasteiger partial charge < -0.3 is 16.2 Å². The second-order valence-electron chi connectivity index (χ2n) is 4.52. The smallest absolute Gasteiger partial charge is 0.337 e. The van der Waals surface area contributed by atoms with Gasteiger partial charge in [0.05, 0.1) is 22.8 Å². The van der Waals surface area contributed by atoms with Crippen molar-refractivity contribution in [2.45, 2.75) is 18.9 Å². The Labute approximate surface area is 110 Å². The topological polar surface area (TPSA) is 122 Å². The molecule has 0 aromatic carbocycles. The van der Waals surface area contributed by atoms with E-state index in [1.807, 2.05) is 0 Å². The second kappa shape index (κ2) is 5.04. The number of sulfone groups is 1. The van der Waals surface area contributed by atoms with Crippen LogP contribution >= 0.6 is 0 Å². The van der Waals surface area contributed by atoms with E-state index in [1.54, 1.807) is 0 Å². The molecule has 7 nitrogen and oxygen atoms in total. The van der Waals surface area contributed by atoms with Gasteiger partial charge in [-0.3, -0.25) is 0 Å². The number of pyridine rings is 1. The van der Waals surface area contributed by atoms with Crippen LogP contribution in [0.15, 0.2) is 12.3 Å². The summed E-state index contributed by atoms with van der Waals surface area (Å²) in [6, 6.07) is 1.03. The van der Waals surface area contributed by atoms with Gasteiger partial charge in [0.25, 0.3) is 0 Å². The number of hydrogen-bond donors (Lipinski definition) is 3. The molecule has 0 bridgehead atoms. The van der Waals surface area contributed by atoms with Crippen LogP contribution in [0.3, 0.4) is 0 Å². The zero-order valence-electron chi connectivity index (χ0n) is 10.2. The van der Waals surface area contributed by atoms with Gasteiger partial charge in [0.15, 0.2) is 9.84 Å². The lowest BCUT2D eigenvalue weighted by Crippen LogP contribution is -2.35. The van der Waals surface area contributed by atoms with Gasteiger partial charge in [-0.15, -0.1) is 0 Å². The Balaban J connectivity index is 2.20. The minimum atomic E-state index is -3.04. The molecule has 1 unspecified atom stereocenters. The van der Waals surface area contributed by atoms with Gasteiger partial charge in [-0.25, -0.2) is 18.2 Å². The Kier molecular flexibility index (Phi) is 3.61. The standard InChI is InChI=1S/C11H15N3O4S/c12-9-8(11(15)16)3-4-13-10(9)14-7-2-1-5-19(17,18)6-7/h3-4,7H,1-2,5-6,12H2,(H,13,14)(H,15,16). The highest BCUT2D eigenvalue weighted by atomic mass is 32.2. The van der Waals surface area contributed by atoms with Crippen LogP contribution in [-0.4, -0.2) is 42.0 Å². The van der Waals surface area contributed by atoms with E-state index in [1.165, 1.54) is 12.3 Å². The van der Waals surface area contributed by atoms with Gasteiger partial charge >= 0.3 is 5.97 Å². The van der Waals surface area contributed by atoms with Gasteiger partial charge in [-0.1, -0.05) is 0 Å². The Hall–Kier alpha value is -1.83. The van der Waals surface area contributed by atoms with Crippen LogP contribution in [0.5, 0.6) is 0 Å². The highest BCUT2D eigenvalue weighted by Crippen LogP contribution is 2.23. The van der Waals surface area contributed by atoms with Crippen molar-refractivity contribution in [1.82, 2.24) is 4.98 Å². The van der Waals surface area contributed by atoms with Crippen molar-refractivity contribution >= 4 is 27.3 Å². The third-order valence-electron chi connectivity index (χ3n) is 3.02. The molecule has 1 fully saturated rings. The lowest BCUT2D eigenvalue weighted by atomic mass is 10.1. The maximum atomic E-state index is 11.5. The molecule has 2 heterocycles. The number of nitrogens with two attached hydrogens (primary N) is 1. The Bertz CT molecular complexity index is 600. The maximum Gasteiger partial charge on any atom is 0.337 e. The molecular formula is C11H15N3O4S. The fourth-order valence-electron chi connectivity index (χ4n) is 2.10. The summed E-state index contributed by atoms with van der Waals surface area (Å²) in [6.07, 6.45) is 2.61. The van der Waals surface area contributed by atoms with Crippen LogP contribution in [0.2, 0.25) is 0 Å². The molecule has 1 atom stereocenters. The number of carboxylic acid groups (broad SMARTS) is 1. The number of nitrogen functional groups attached to an aromatic ring is 1. The number of aromatic carboxylic acids is 1. The molecule has 8 heteroatoms. The largest absolute Gasteiger partial charge is 0.478 e. The predicted molar refractivity (Wildman–Crippen MR) is 70.9 cm³/mol. The number of rotatable bonds is 3. The SMILES string of the molecule is Nc1c(C(=O)O)ccnc1NC1CCCS(=O)(=O)C1. The summed E-state index contributed by atoms with van der Waals surface area (Å²) in [5.74, 6) is -0.699. The third kappa shape index (κ3) is 3.14. The van der Waals surface area contributed by atoms with E-state index < -0.39 is 15.8 Å². The summed E-state index contributed by atoms with van der Waals surface area (Å²) >= 11 is 0. The molecule has 1 aromatic rings. The molecular weight excluding hydrogens is 270 g/mol. The Morgan fingerprint density at radius 1 is 1.53 bits per heavy atom. The molecule has 2 rings (SSSR count). The first-order valence-corrected chi connectivity index (χ1v) is 7.66. The predicted octanol–water partition coefficient (Wildman–Crippen LogP) is 0.351. The molecule has 0 amide bonds. The van der Waals surface area contributed by atoms with Crippen molar-refractivity contribution in [1.29, 1.82) is 0 Å². The molecule has 1 saturated heterocycles. The van der Waals surface area contributed by atoms with Gasteiger partial charge in [-0.2, -0.15) is 0 Å². The van der Waals surface area contributed by atoms with Crippen molar-refractivity contribution < 1.29 is 18.3 Å². The number of carboxylic acids is 1. The van der Waals surface area contributed by atoms with Crippen LogP contribution in [0.1, 0.15) is 23.2 Å². The first kappa shape index (κ1) is 13.6. The van der Waals surface area contributed by atoms with Crippen LogP contribution in [0, 0.1) is 0 Å². The van der Waals surface area contributed by atoms with Gasteiger partial charge in [-0.05, 0) is 18.9 Å². The summed E-state index contributed by atoms with van der Waals surface area (Å²) in [4.78, 5) is 14.9.